The van der Waals surface area contributed by atoms with Gasteiger partial charge in [-0.2, -0.15) is 18.2 Å². The van der Waals surface area contributed by atoms with Gasteiger partial charge in [-0.3, -0.25) is 14.7 Å². The fraction of sp³-hybridized carbons (Fsp3) is 0.188. The molecule has 0 spiro atoms. The van der Waals surface area contributed by atoms with Gasteiger partial charge in [0.2, 0.25) is 5.76 Å². The number of halogens is 4. The summed E-state index contributed by atoms with van der Waals surface area (Å²) >= 11 is 5.83. The summed E-state index contributed by atoms with van der Waals surface area (Å²) in [6.07, 6.45) is -3.91. The number of fused-ring (bicyclic) bond motifs is 1. The number of amides is 1. The maximum atomic E-state index is 13.4. The Morgan fingerprint density at radius 3 is 2.70 bits per heavy atom. The maximum Gasteiger partial charge on any atom is 0.450 e. The highest BCUT2D eigenvalue weighted by molar-refractivity contribution is 8.88. The molecule has 0 N–H and O–H groups in total. The van der Waals surface area contributed by atoms with Crippen molar-refractivity contribution in [3.8, 4) is 11.1 Å². The zero-order valence-electron chi connectivity index (χ0n) is 13.3. The molecule has 11 heteroatoms. The zero-order chi connectivity index (χ0) is 19.2. The van der Waals surface area contributed by atoms with Crippen LogP contribution in [0.1, 0.15) is 16.1 Å². The summed E-state index contributed by atoms with van der Waals surface area (Å²) in [6, 6.07) is 6.08. The van der Waals surface area contributed by atoms with Crippen LogP contribution in [0.25, 0.3) is 11.1 Å². The van der Waals surface area contributed by atoms with E-state index in [0.29, 0.717) is 34.0 Å². The van der Waals surface area contributed by atoms with Gasteiger partial charge in [0.25, 0.3) is 5.91 Å². The maximum absolute atomic E-state index is 13.4. The molecule has 0 unspecified atom stereocenters. The van der Waals surface area contributed by atoms with Crippen LogP contribution in [-0.4, -0.2) is 34.2 Å². The monoisotopic (exact) mass is 431 g/mol. The van der Waals surface area contributed by atoms with Gasteiger partial charge in [-0.15, -0.1) is 0 Å². The topological polar surface area (TPSA) is 58.2 Å². The summed E-state index contributed by atoms with van der Waals surface area (Å²) in [7, 11) is 2.51. The van der Waals surface area contributed by atoms with Crippen molar-refractivity contribution in [2.45, 2.75) is 6.18 Å². The predicted octanol–water partition coefficient (Wildman–Crippen LogP) is 5.18. The van der Waals surface area contributed by atoms with Crippen molar-refractivity contribution in [2.75, 3.05) is 13.1 Å². The van der Waals surface area contributed by atoms with Gasteiger partial charge in [0.15, 0.2) is 10.3 Å². The Hall–Kier alpha value is -1.91. The number of carbonyl (C=O) groups excluding carboxylic acids is 1. The molecule has 1 aromatic carbocycles. The highest BCUT2D eigenvalue weighted by Gasteiger charge is 2.42. The van der Waals surface area contributed by atoms with E-state index in [-0.39, 0.29) is 5.56 Å². The van der Waals surface area contributed by atoms with Crippen LogP contribution in [0.5, 0.6) is 0 Å². The second-order valence-electron chi connectivity index (χ2n) is 5.54. The van der Waals surface area contributed by atoms with Gasteiger partial charge in [-0.25, -0.2) is 0 Å². The number of rotatable bonds is 2. The predicted molar refractivity (Wildman–Crippen MR) is 100 cm³/mol. The Bertz CT molecular complexity index is 970. The third-order valence-electron chi connectivity index (χ3n) is 3.84. The number of hydrogen-bond acceptors (Lipinski definition) is 5. The van der Waals surface area contributed by atoms with Gasteiger partial charge in [-0.05, 0) is 39.3 Å². The first-order valence-corrected chi connectivity index (χ1v) is 10.1. The molecule has 4 rings (SSSR count). The molecule has 1 aromatic heterocycles. The molecule has 2 aliphatic heterocycles. The van der Waals surface area contributed by atoms with Crippen molar-refractivity contribution < 1.29 is 22.4 Å². The lowest BCUT2D eigenvalue weighted by molar-refractivity contribution is -0.153. The zero-order valence-corrected chi connectivity index (χ0v) is 15.7. The number of hydrogen-bond donors (Lipinski definition) is 0. The van der Waals surface area contributed by atoms with Gasteiger partial charge < -0.3 is 4.42 Å². The Kier molecular flexibility index (Phi) is 4.73. The molecule has 0 aliphatic carbocycles. The lowest BCUT2D eigenvalue weighted by Gasteiger charge is -2.10. The van der Waals surface area contributed by atoms with Gasteiger partial charge in [0, 0.05) is 17.1 Å². The SMILES string of the molecule is O=C(N=C1SSC2=NCCN21)c1c(-c2ccc(Cl)cc2)coc1C(F)(F)F. The van der Waals surface area contributed by atoms with Crippen molar-refractivity contribution in [1.82, 2.24) is 4.90 Å². The summed E-state index contributed by atoms with van der Waals surface area (Å²) in [5, 5.41) is 1.44. The van der Waals surface area contributed by atoms with Crippen molar-refractivity contribution >= 4 is 49.4 Å². The lowest BCUT2D eigenvalue weighted by Crippen LogP contribution is -2.26. The van der Waals surface area contributed by atoms with Gasteiger partial charge in [0.1, 0.15) is 5.56 Å². The van der Waals surface area contributed by atoms with Gasteiger partial charge in [0.05, 0.1) is 12.8 Å². The largest absolute Gasteiger partial charge is 0.458 e. The molecular formula is C16H9ClF3N3O2S2. The smallest absolute Gasteiger partial charge is 0.450 e. The molecule has 2 aromatic rings. The molecule has 0 atom stereocenters. The molecule has 140 valence electrons. The Balaban J connectivity index is 1.78. The molecule has 1 amide bonds. The van der Waals surface area contributed by atoms with E-state index in [4.69, 9.17) is 16.0 Å². The van der Waals surface area contributed by atoms with Crippen LogP contribution in [0.4, 0.5) is 13.2 Å². The lowest BCUT2D eigenvalue weighted by atomic mass is 10.0. The minimum atomic E-state index is -4.83. The van der Waals surface area contributed by atoms with E-state index in [0.717, 1.165) is 6.26 Å². The standard InChI is InChI=1S/C16H9ClF3N3O2S2/c17-9-3-1-8(2-4-9)10-7-25-12(16(18,19)20)11(10)13(24)22-15-23-6-5-21-14(23)26-27-15/h1-4,7H,5-6H2. The quantitative estimate of drug-likeness (QED) is 0.613. The van der Waals surface area contributed by atoms with E-state index in [1.165, 1.54) is 45.9 Å². The number of nitrogens with zero attached hydrogens (tertiary/aromatic N) is 3. The fourth-order valence-electron chi connectivity index (χ4n) is 2.64. The van der Waals surface area contributed by atoms with Crippen molar-refractivity contribution in [3.05, 3.63) is 46.9 Å². The van der Waals surface area contributed by atoms with Crippen LogP contribution in [0.3, 0.4) is 0 Å². The molecule has 27 heavy (non-hydrogen) atoms. The van der Waals surface area contributed by atoms with E-state index in [9.17, 15) is 18.0 Å². The summed E-state index contributed by atoms with van der Waals surface area (Å²) in [5.74, 6) is -2.38. The van der Waals surface area contributed by atoms with E-state index in [1.807, 2.05) is 0 Å². The number of benzene rings is 1. The summed E-state index contributed by atoms with van der Waals surface area (Å²) < 4.78 is 44.8. The Labute approximate surface area is 164 Å². The minimum Gasteiger partial charge on any atom is -0.458 e. The van der Waals surface area contributed by atoms with E-state index >= 15 is 0 Å². The molecular weight excluding hydrogens is 423 g/mol. The highest BCUT2D eigenvalue weighted by Crippen LogP contribution is 2.41. The third kappa shape index (κ3) is 3.48. The van der Waals surface area contributed by atoms with E-state index < -0.39 is 23.4 Å². The highest BCUT2D eigenvalue weighted by atomic mass is 35.5. The number of furan rings is 1. The number of amidine groups is 2. The third-order valence-corrected chi connectivity index (χ3v) is 6.28. The van der Waals surface area contributed by atoms with E-state index in [1.54, 1.807) is 4.90 Å². The molecule has 0 radical (unpaired) electrons. The molecule has 2 aliphatic rings. The molecule has 0 saturated carbocycles. The molecule has 5 nitrogen and oxygen atoms in total. The first-order valence-electron chi connectivity index (χ1n) is 7.59. The van der Waals surface area contributed by atoms with Gasteiger partial charge >= 0.3 is 6.18 Å². The molecule has 3 heterocycles. The second-order valence-corrected chi connectivity index (χ2v) is 8.04. The minimum absolute atomic E-state index is 0.0132. The average Bonchev–Trinajstić information content (AvgIpc) is 3.31. The van der Waals surface area contributed by atoms with Crippen LogP contribution >= 0.6 is 33.2 Å². The fourth-order valence-corrected chi connectivity index (χ4v) is 5.03. The number of alkyl halides is 3. The van der Waals surface area contributed by atoms with Crippen LogP contribution in [0.2, 0.25) is 5.02 Å². The molecule has 0 bridgehead atoms. The second kappa shape index (κ2) is 6.92. The molecule has 1 saturated heterocycles. The van der Waals surface area contributed by atoms with Crippen molar-refractivity contribution in [1.29, 1.82) is 0 Å². The van der Waals surface area contributed by atoms with Crippen LogP contribution < -0.4 is 0 Å². The summed E-state index contributed by atoms with van der Waals surface area (Å²) in [4.78, 5) is 22.6. The van der Waals surface area contributed by atoms with Crippen LogP contribution in [-0.2, 0) is 6.18 Å². The first kappa shape index (κ1) is 18.5. The first-order chi connectivity index (χ1) is 12.8. The number of aliphatic imine (C=N–C) groups is 2. The Morgan fingerprint density at radius 1 is 1.26 bits per heavy atom. The van der Waals surface area contributed by atoms with E-state index in [2.05, 4.69) is 9.98 Å². The summed E-state index contributed by atoms with van der Waals surface area (Å²) in [6.45, 7) is 1.11. The van der Waals surface area contributed by atoms with Crippen molar-refractivity contribution in [3.63, 3.8) is 0 Å². The average molecular weight is 432 g/mol. The Morgan fingerprint density at radius 2 is 2.00 bits per heavy atom. The van der Waals surface area contributed by atoms with Gasteiger partial charge in [-0.1, -0.05) is 23.7 Å². The van der Waals surface area contributed by atoms with Crippen molar-refractivity contribution in [2.24, 2.45) is 9.98 Å². The van der Waals surface area contributed by atoms with Crippen LogP contribution in [0.15, 0.2) is 44.9 Å². The van der Waals surface area contributed by atoms with Crippen LogP contribution in [0, 0.1) is 0 Å². The summed E-state index contributed by atoms with van der Waals surface area (Å²) in [5.41, 5.74) is -0.231. The normalized spacial score (nSPS) is 18.1. The molecule has 1 fully saturated rings. The number of carbonyl (C=O) groups is 1.